The standard InChI is InChI=1S/C21H15NO5/c1-25-17-6-3-2-5-15(17)20-12-16(23)14-9-8-13(11-19(14)27-20)22-21(24)18-7-4-10-26-18/h2-12H,1H3,(H,22,24). The molecule has 6 heteroatoms. The van der Waals surface area contributed by atoms with Crippen LogP contribution >= 0.6 is 0 Å². The third-order valence-corrected chi connectivity index (χ3v) is 4.10. The summed E-state index contributed by atoms with van der Waals surface area (Å²) in [4.78, 5) is 24.6. The zero-order chi connectivity index (χ0) is 18.8. The van der Waals surface area contributed by atoms with Crippen LogP contribution in [0, 0.1) is 0 Å². The van der Waals surface area contributed by atoms with Crippen molar-refractivity contribution in [3.63, 3.8) is 0 Å². The zero-order valence-corrected chi connectivity index (χ0v) is 14.4. The summed E-state index contributed by atoms with van der Waals surface area (Å²) in [5.74, 6) is 0.795. The first-order chi connectivity index (χ1) is 13.2. The number of para-hydroxylation sites is 1. The molecule has 0 aliphatic carbocycles. The van der Waals surface area contributed by atoms with Crippen LogP contribution in [0.5, 0.6) is 5.75 Å². The Labute approximate surface area is 154 Å². The van der Waals surface area contributed by atoms with Crippen molar-refractivity contribution < 1.29 is 18.4 Å². The number of benzene rings is 2. The number of rotatable bonds is 4. The quantitative estimate of drug-likeness (QED) is 0.586. The van der Waals surface area contributed by atoms with E-state index in [2.05, 4.69) is 5.32 Å². The third kappa shape index (κ3) is 3.20. The normalized spacial score (nSPS) is 10.7. The zero-order valence-electron chi connectivity index (χ0n) is 14.4. The number of methoxy groups -OCH3 is 1. The van der Waals surface area contributed by atoms with E-state index in [4.69, 9.17) is 13.6 Å². The number of carbonyl (C=O) groups excluding carboxylic acids is 1. The summed E-state index contributed by atoms with van der Waals surface area (Å²) < 4.78 is 16.3. The van der Waals surface area contributed by atoms with Crippen LogP contribution in [-0.4, -0.2) is 13.0 Å². The fourth-order valence-electron chi connectivity index (χ4n) is 2.81. The fourth-order valence-corrected chi connectivity index (χ4v) is 2.81. The molecule has 0 saturated heterocycles. The van der Waals surface area contributed by atoms with E-state index < -0.39 is 0 Å². The first-order valence-corrected chi connectivity index (χ1v) is 8.22. The van der Waals surface area contributed by atoms with Crippen molar-refractivity contribution in [2.75, 3.05) is 12.4 Å². The molecule has 0 unspecified atom stereocenters. The lowest BCUT2D eigenvalue weighted by molar-refractivity contribution is 0.0996. The van der Waals surface area contributed by atoms with Gasteiger partial charge >= 0.3 is 0 Å². The van der Waals surface area contributed by atoms with E-state index in [-0.39, 0.29) is 17.1 Å². The van der Waals surface area contributed by atoms with Gasteiger partial charge in [0.05, 0.1) is 24.3 Å². The molecule has 4 rings (SSSR count). The van der Waals surface area contributed by atoms with E-state index in [1.165, 1.54) is 12.3 Å². The molecule has 2 heterocycles. The lowest BCUT2D eigenvalue weighted by Crippen LogP contribution is -2.11. The van der Waals surface area contributed by atoms with Gasteiger partial charge in [0.1, 0.15) is 17.1 Å². The maximum absolute atomic E-state index is 12.5. The fraction of sp³-hybridized carbons (Fsp3) is 0.0476. The van der Waals surface area contributed by atoms with Gasteiger partial charge in [-0.1, -0.05) is 12.1 Å². The van der Waals surface area contributed by atoms with Crippen LogP contribution in [0.15, 0.2) is 80.6 Å². The molecule has 4 aromatic rings. The Bertz CT molecular complexity index is 1170. The smallest absolute Gasteiger partial charge is 0.291 e. The average molecular weight is 361 g/mol. The van der Waals surface area contributed by atoms with Crippen LogP contribution in [0.3, 0.4) is 0 Å². The second-order valence-electron chi connectivity index (χ2n) is 5.82. The largest absolute Gasteiger partial charge is 0.496 e. The van der Waals surface area contributed by atoms with Crippen LogP contribution in [0.25, 0.3) is 22.3 Å². The molecule has 2 aromatic heterocycles. The van der Waals surface area contributed by atoms with Crippen molar-refractivity contribution in [1.82, 2.24) is 0 Å². The molecule has 134 valence electrons. The Morgan fingerprint density at radius 3 is 2.67 bits per heavy atom. The Hall–Kier alpha value is -3.80. The lowest BCUT2D eigenvalue weighted by atomic mass is 10.1. The first kappa shape index (κ1) is 16.7. The summed E-state index contributed by atoms with van der Waals surface area (Å²) in [6.07, 6.45) is 1.42. The summed E-state index contributed by atoms with van der Waals surface area (Å²) in [6.45, 7) is 0. The second-order valence-corrected chi connectivity index (χ2v) is 5.82. The molecule has 0 saturated carbocycles. The molecular formula is C21H15NO5. The second kappa shape index (κ2) is 6.84. The molecule has 1 N–H and O–H groups in total. The topological polar surface area (TPSA) is 81.7 Å². The van der Waals surface area contributed by atoms with Crippen molar-refractivity contribution in [3.05, 3.63) is 82.9 Å². The number of ether oxygens (including phenoxy) is 1. The molecule has 0 spiro atoms. The molecule has 0 radical (unpaired) electrons. The van der Waals surface area contributed by atoms with Gasteiger partial charge in [-0.2, -0.15) is 0 Å². The summed E-state index contributed by atoms with van der Waals surface area (Å²) in [7, 11) is 1.56. The highest BCUT2D eigenvalue weighted by atomic mass is 16.5. The van der Waals surface area contributed by atoms with Crippen molar-refractivity contribution in [2.24, 2.45) is 0 Å². The minimum absolute atomic E-state index is 0.180. The summed E-state index contributed by atoms with van der Waals surface area (Å²) in [5.41, 5.74) is 1.34. The van der Waals surface area contributed by atoms with Crippen molar-refractivity contribution in [2.45, 2.75) is 0 Å². The third-order valence-electron chi connectivity index (χ3n) is 4.10. The van der Waals surface area contributed by atoms with Gasteiger partial charge in [-0.15, -0.1) is 0 Å². The number of anilines is 1. The van der Waals surface area contributed by atoms with Gasteiger partial charge in [0.15, 0.2) is 11.2 Å². The Morgan fingerprint density at radius 2 is 1.89 bits per heavy atom. The maximum Gasteiger partial charge on any atom is 0.291 e. The van der Waals surface area contributed by atoms with Crippen LogP contribution in [0.4, 0.5) is 5.69 Å². The van der Waals surface area contributed by atoms with E-state index in [0.29, 0.717) is 33.7 Å². The van der Waals surface area contributed by atoms with Crippen LogP contribution in [0.2, 0.25) is 0 Å². The van der Waals surface area contributed by atoms with Gasteiger partial charge in [-0.25, -0.2) is 0 Å². The Morgan fingerprint density at radius 1 is 1.04 bits per heavy atom. The van der Waals surface area contributed by atoms with Crippen molar-refractivity contribution >= 4 is 22.6 Å². The monoisotopic (exact) mass is 361 g/mol. The van der Waals surface area contributed by atoms with E-state index in [9.17, 15) is 9.59 Å². The molecule has 0 aliphatic rings. The van der Waals surface area contributed by atoms with Gasteiger partial charge < -0.3 is 18.9 Å². The molecule has 0 aliphatic heterocycles. The van der Waals surface area contributed by atoms with E-state index in [0.717, 1.165) is 0 Å². The lowest BCUT2D eigenvalue weighted by Gasteiger charge is -2.09. The number of carbonyl (C=O) groups is 1. The van der Waals surface area contributed by atoms with E-state index in [1.807, 2.05) is 18.2 Å². The SMILES string of the molecule is COc1ccccc1-c1cc(=O)c2ccc(NC(=O)c3ccco3)cc2o1. The molecular weight excluding hydrogens is 346 g/mol. The van der Waals surface area contributed by atoms with Gasteiger partial charge in [-0.05, 0) is 36.4 Å². The summed E-state index contributed by atoms with van der Waals surface area (Å²) in [5, 5.41) is 3.14. The predicted molar refractivity (Wildman–Crippen MR) is 101 cm³/mol. The minimum Gasteiger partial charge on any atom is -0.496 e. The summed E-state index contributed by atoms with van der Waals surface area (Å²) in [6, 6.07) is 16.8. The number of hydrogen-bond acceptors (Lipinski definition) is 5. The molecule has 6 nitrogen and oxygen atoms in total. The maximum atomic E-state index is 12.5. The van der Waals surface area contributed by atoms with Gasteiger partial charge in [-0.3, -0.25) is 9.59 Å². The van der Waals surface area contributed by atoms with Gasteiger partial charge in [0.2, 0.25) is 0 Å². The highest BCUT2D eigenvalue weighted by molar-refractivity contribution is 6.03. The minimum atomic E-state index is -0.386. The predicted octanol–water partition coefficient (Wildman–Crippen LogP) is 4.31. The Balaban J connectivity index is 1.76. The van der Waals surface area contributed by atoms with E-state index >= 15 is 0 Å². The molecule has 0 atom stereocenters. The highest BCUT2D eigenvalue weighted by Gasteiger charge is 2.13. The summed E-state index contributed by atoms with van der Waals surface area (Å²) >= 11 is 0. The number of furan rings is 1. The average Bonchev–Trinajstić information content (AvgIpc) is 3.22. The molecule has 2 aromatic carbocycles. The van der Waals surface area contributed by atoms with Crippen LogP contribution < -0.4 is 15.5 Å². The number of hydrogen-bond donors (Lipinski definition) is 1. The highest BCUT2D eigenvalue weighted by Crippen LogP contribution is 2.31. The van der Waals surface area contributed by atoms with Crippen LogP contribution in [0.1, 0.15) is 10.6 Å². The molecule has 1 amide bonds. The Kier molecular flexibility index (Phi) is 4.22. The molecule has 27 heavy (non-hydrogen) atoms. The number of fused-ring (bicyclic) bond motifs is 1. The number of nitrogens with one attached hydrogen (secondary N) is 1. The van der Waals surface area contributed by atoms with Gasteiger partial charge in [0.25, 0.3) is 5.91 Å². The van der Waals surface area contributed by atoms with Gasteiger partial charge in [0, 0.05) is 17.8 Å². The van der Waals surface area contributed by atoms with E-state index in [1.54, 1.807) is 43.5 Å². The number of amides is 1. The van der Waals surface area contributed by atoms with Crippen molar-refractivity contribution in [1.29, 1.82) is 0 Å². The molecule has 0 bridgehead atoms. The van der Waals surface area contributed by atoms with Crippen LogP contribution in [-0.2, 0) is 0 Å². The first-order valence-electron chi connectivity index (χ1n) is 8.22. The molecule has 0 fully saturated rings. The van der Waals surface area contributed by atoms with Crippen molar-refractivity contribution in [3.8, 4) is 17.1 Å².